The molecule has 0 spiro atoms. The first-order valence-electron chi connectivity index (χ1n) is 5.76. The van der Waals surface area contributed by atoms with Gasteiger partial charge in [-0.3, -0.25) is 10.1 Å². The van der Waals surface area contributed by atoms with Crippen molar-refractivity contribution in [3.8, 4) is 11.8 Å². The fraction of sp³-hybridized carbons (Fsp3) is 0.0714. The maximum atomic E-state index is 10.9. The second-order valence-electron chi connectivity index (χ2n) is 4.07. The lowest BCUT2D eigenvalue weighted by Crippen LogP contribution is -2.00. The standard InChI is InChI=1S/C14H8Cl2N2O3/c15-11-2-4-14(18(19)20)10(5-11)8-21-12-3-1-9(7-17)13(16)6-12/h1-6H,8H2. The molecule has 0 saturated heterocycles. The molecule has 0 atom stereocenters. The van der Waals surface area contributed by atoms with Crippen molar-refractivity contribution >= 4 is 28.9 Å². The molecule has 0 aliphatic carbocycles. The van der Waals surface area contributed by atoms with Gasteiger partial charge in [-0.1, -0.05) is 23.2 Å². The van der Waals surface area contributed by atoms with Crippen molar-refractivity contribution < 1.29 is 9.66 Å². The predicted molar refractivity (Wildman–Crippen MR) is 78.6 cm³/mol. The Morgan fingerprint density at radius 1 is 1.24 bits per heavy atom. The van der Waals surface area contributed by atoms with Gasteiger partial charge in [0.15, 0.2) is 0 Å². The van der Waals surface area contributed by atoms with Crippen LogP contribution in [-0.2, 0) is 6.61 Å². The summed E-state index contributed by atoms with van der Waals surface area (Å²) in [6.45, 7) is -0.0287. The Hall–Kier alpha value is -2.29. The van der Waals surface area contributed by atoms with Crippen molar-refractivity contribution in [2.75, 3.05) is 0 Å². The molecular weight excluding hydrogens is 315 g/mol. The number of ether oxygens (including phenoxy) is 1. The third-order valence-electron chi connectivity index (χ3n) is 2.69. The first kappa shape index (κ1) is 15.1. The van der Waals surface area contributed by atoms with Gasteiger partial charge in [-0.25, -0.2) is 0 Å². The fourth-order valence-electron chi connectivity index (χ4n) is 1.69. The Bertz CT molecular complexity index is 741. The van der Waals surface area contributed by atoms with Crippen molar-refractivity contribution in [1.82, 2.24) is 0 Å². The number of hydrogen-bond acceptors (Lipinski definition) is 4. The van der Waals surface area contributed by atoms with Crippen LogP contribution < -0.4 is 4.74 Å². The molecule has 5 nitrogen and oxygen atoms in total. The summed E-state index contributed by atoms with van der Waals surface area (Å²) in [4.78, 5) is 10.4. The molecule has 0 unspecified atom stereocenters. The van der Waals surface area contributed by atoms with E-state index in [1.165, 1.54) is 30.3 Å². The summed E-state index contributed by atoms with van der Waals surface area (Å²) in [5, 5.41) is 20.4. The zero-order chi connectivity index (χ0) is 15.4. The van der Waals surface area contributed by atoms with Crippen molar-refractivity contribution in [1.29, 1.82) is 5.26 Å². The Morgan fingerprint density at radius 3 is 2.62 bits per heavy atom. The Labute approximate surface area is 130 Å². The van der Waals surface area contributed by atoms with Gasteiger partial charge in [-0.2, -0.15) is 5.26 Å². The van der Waals surface area contributed by atoms with Crippen LogP contribution in [0.3, 0.4) is 0 Å². The number of hydrogen-bond donors (Lipinski definition) is 0. The highest BCUT2D eigenvalue weighted by Gasteiger charge is 2.14. The van der Waals surface area contributed by atoms with Crippen LogP contribution in [0.15, 0.2) is 36.4 Å². The third kappa shape index (κ3) is 3.63. The molecule has 2 aromatic rings. The van der Waals surface area contributed by atoms with Crippen LogP contribution in [0, 0.1) is 21.4 Å². The van der Waals surface area contributed by atoms with Gasteiger partial charge in [0.25, 0.3) is 5.69 Å². The highest BCUT2D eigenvalue weighted by atomic mass is 35.5. The first-order valence-corrected chi connectivity index (χ1v) is 6.52. The van der Waals surface area contributed by atoms with Gasteiger partial charge in [0.05, 0.1) is 21.1 Å². The average molecular weight is 323 g/mol. The molecule has 0 heterocycles. The van der Waals surface area contributed by atoms with Crippen LogP contribution in [-0.4, -0.2) is 4.92 Å². The van der Waals surface area contributed by atoms with Crippen molar-refractivity contribution in [2.24, 2.45) is 0 Å². The van der Waals surface area contributed by atoms with Gasteiger partial charge >= 0.3 is 0 Å². The summed E-state index contributed by atoms with van der Waals surface area (Å²) in [6, 6.07) is 10.8. The molecule has 0 bridgehead atoms. The minimum Gasteiger partial charge on any atom is -0.489 e. The number of nitrogens with zero attached hydrogens (tertiary/aromatic N) is 2. The van der Waals surface area contributed by atoms with Gasteiger partial charge in [-0.05, 0) is 24.3 Å². The van der Waals surface area contributed by atoms with E-state index in [1.54, 1.807) is 6.07 Å². The molecule has 2 aromatic carbocycles. The monoisotopic (exact) mass is 322 g/mol. The van der Waals surface area contributed by atoms with Crippen molar-refractivity contribution in [3.05, 3.63) is 67.7 Å². The van der Waals surface area contributed by atoms with E-state index in [1.807, 2.05) is 6.07 Å². The first-order chi connectivity index (χ1) is 10.0. The van der Waals surface area contributed by atoms with E-state index in [-0.39, 0.29) is 17.3 Å². The van der Waals surface area contributed by atoms with Crippen LogP contribution in [0.5, 0.6) is 5.75 Å². The summed E-state index contributed by atoms with van der Waals surface area (Å²) in [6.07, 6.45) is 0. The Morgan fingerprint density at radius 2 is 2.00 bits per heavy atom. The minimum atomic E-state index is -0.499. The molecule has 0 aliphatic rings. The quantitative estimate of drug-likeness (QED) is 0.619. The maximum Gasteiger partial charge on any atom is 0.276 e. The Balaban J connectivity index is 2.20. The van der Waals surface area contributed by atoms with Crippen molar-refractivity contribution in [3.63, 3.8) is 0 Å². The molecule has 21 heavy (non-hydrogen) atoms. The van der Waals surface area contributed by atoms with E-state index >= 15 is 0 Å². The lowest BCUT2D eigenvalue weighted by molar-refractivity contribution is -0.385. The van der Waals surface area contributed by atoms with E-state index < -0.39 is 4.92 Å². The number of benzene rings is 2. The Kier molecular flexibility index (Phi) is 4.63. The molecule has 0 saturated carbocycles. The van der Waals surface area contributed by atoms with Gasteiger partial charge in [0.2, 0.25) is 0 Å². The van der Waals surface area contributed by atoms with Crippen LogP contribution in [0.25, 0.3) is 0 Å². The van der Waals surface area contributed by atoms with Crippen LogP contribution in [0.1, 0.15) is 11.1 Å². The zero-order valence-electron chi connectivity index (χ0n) is 10.5. The average Bonchev–Trinajstić information content (AvgIpc) is 2.45. The molecule has 2 rings (SSSR count). The molecule has 0 amide bonds. The highest BCUT2D eigenvalue weighted by molar-refractivity contribution is 6.31. The van der Waals surface area contributed by atoms with Gasteiger partial charge in [0, 0.05) is 17.2 Å². The normalized spacial score (nSPS) is 9.95. The number of nitriles is 1. The maximum absolute atomic E-state index is 10.9. The van der Waals surface area contributed by atoms with E-state index in [2.05, 4.69) is 0 Å². The smallest absolute Gasteiger partial charge is 0.276 e. The molecule has 0 fully saturated rings. The predicted octanol–water partition coefficient (Wildman–Crippen LogP) is 4.35. The topological polar surface area (TPSA) is 76.2 Å². The summed E-state index contributed by atoms with van der Waals surface area (Å²) in [7, 11) is 0. The number of nitro benzene ring substituents is 1. The molecule has 106 valence electrons. The van der Waals surface area contributed by atoms with Gasteiger partial charge in [-0.15, -0.1) is 0 Å². The van der Waals surface area contributed by atoms with Crippen molar-refractivity contribution in [2.45, 2.75) is 6.61 Å². The molecular formula is C14H8Cl2N2O3. The second kappa shape index (κ2) is 6.44. The third-order valence-corrected chi connectivity index (χ3v) is 3.24. The summed E-state index contributed by atoms with van der Waals surface area (Å²) < 4.78 is 5.46. The second-order valence-corrected chi connectivity index (χ2v) is 4.92. The molecule has 0 N–H and O–H groups in total. The number of nitro groups is 1. The SMILES string of the molecule is N#Cc1ccc(OCc2cc(Cl)ccc2[N+](=O)[O-])cc1Cl. The molecule has 7 heteroatoms. The fourth-order valence-corrected chi connectivity index (χ4v) is 2.09. The molecule has 0 radical (unpaired) electrons. The van der Waals surface area contributed by atoms with Crippen LogP contribution in [0.4, 0.5) is 5.69 Å². The van der Waals surface area contributed by atoms with Crippen LogP contribution in [0.2, 0.25) is 10.0 Å². The minimum absolute atomic E-state index is 0.0287. The zero-order valence-corrected chi connectivity index (χ0v) is 12.1. The van der Waals surface area contributed by atoms with Gasteiger partial charge in [0.1, 0.15) is 18.4 Å². The molecule has 0 aromatic heterocycles. The lowest BCUT2D eigenvalue weighted by Gasteiger charge is -2.08. The van der Waals surface area contributed by atoms with E-state index in [0.717, 1.165) is 0 Å². The highest BCUT2D eigenvalue weighted by Crippen LogP contribution is 2.26. The van der Waals surface area contributed by atoms with E-state index in [9.17, 15) is 10.1 Å². The van der Waals surface area contributed by atoms with Crippen LogP contribution >= 0.6 is 23.2 Å². The molecule has 0 aliphatic heterocycles. The van der Waals surface area contributed by atoms with E-state index in [0.29, 0.717) is 21.9 Å². The summed E-state index contributed by atoms with van der Waals surface area (Å²) >= 11 is 11.7. The van der Waals surface area contributed by atoms with E-state index in [4.69, 9.17) is 33.2 Å². The number of rotatable bonds is 4. The van der Waals surface area contributed by atoms with Gasteiger partial charge < -0.3 is 4.74 Å². The summed E-state index contributed by atoms with van der Waals surface area (Å²) in [5.41, 5.74) is 0.616. The lowest BCUT2D eigenvalue weighted by atomic mass is 10.2. The number of halogens is 2. The summed E-state index contributed by atoms with van der Waals surface area (Å²) in [5.74, 6) is 0.410. The largest absolute Gasteiger partial charge is 0.489 e.